The summed E-state index contributed by atoms with van der Waals surface area (Å²) in [5, 5.41) is 8.83. The highest BCUT2D eigenvalue weighted by Crippen LogP contribution is 2.15. The Hall–Kier alpha value is -1.50. The average Bonchev–Trinajstić information content (AvgIpc) is 2.63. The summed E-state index contributed by atoms with van der Waals surface area (Å²) < 4.78 is 33.6. The van der Waals surface area contributed by atoms with E-state index in [0.717, 1.165) is 12.1 Å². The monoisotopic (exact) mass is 350 g/mol. The van der Waals surface area contributed by atoms with Crippen molar-refractivity contribution in [3.8, 4) is 6.07 Å². The average molecular weight is 350 g/mol. The molecule has 24 heavy (non-hydrogen) atoms. The van der Waals surface area contributed by atoms with E-state index >= 15 is 0 Å². The van der Waals surface area contributed by atoms with Crippen LogP contribution in [0.25, 0.3) is 0 Å². The van der Waals surface area contributed by atoms with Crippen LogP contribution in [0.3, 0.4) is 0 Å². The lowest BCUT2D eigenvalue weighted by atomic mass is 10.1. The molecule has 0 saturated carbocycles. The molecular weight excluding hydrogens is 328 g/mol. The largest absolute Gasteiger partial charge is 0.379 e. The lowest BCUT2D eigenvalue weighted by molar-refractivity contribution is 0.0684. The van der Waals surface area contributed by atoms with Crippen LogP contribution in [0.1, 0.15) is 11.1 Å². The molecule has 2 heterocycles. The van der Waals surface area contributed by atoms with Gasteiger partial charge in [0.1, 0.15) is 0 Å². The SMILES string of the molecule is N#Cc1ccc(CN2CCN(S(=O)(=O)N3CCOCC3)CC2)cc1. The van der Waals surface area contributed by atoms with Crippen molar-refractivity contribution in [2.24, 2.45) is 0 Å². The zero-order valence-electron chi connectivity index (χ0n) is 13.6. The Morgan fingerprint density at radius 3 is 2.12 bits per heavy atom. The number of piperazine rings is 1. The van der Waals surface area contributed by atoms with Crippen LogP contribution in [-0.4, -0.2) is 74.4 Å². The molecule has 7 nitrogen and oxygen atoms in total. The van der Waals surface area contributed by atoms with Gasteiger partial charge in [-0.25, -0.2) is 0 Å². The van der Waals surface area contributed by atoms with Crippen LogP contribution in [0.15, 0.2) is 24.3 Å². The van der Waals surface area contributed by atoms with Gasteiger partial charge in [0.05, 0.1) is 24.8 Å². The predicted octanol–water partition coefficient (Wildman–Crippen LogP) is 0.253. The number of hydrogen-bond acceptors (Lipinski definition) is 5. The first-order chi connectivity index (χ1) is 11.6. The predicted molar refractivity (Wildman–Crippen MR) is 89.3 cm³/mol. The van der Waals surface area contributed by atoms with E-state index in [0.29, 0.717) is 58.0 Å². The summed E-state index contributed by atoms with van der Waals surface area (Å²) in [6.07, 6.45) is 0. The van der Waals surface area contributed by atoms with Gasteiger partial charge < -0.3 is 4.74 Å². The van der Waals surface area contributed by atoms with Crippen molar-refractivity contribution in [3.63, 3.8) is 0 Å². The Morgan fingerprint density at radius 1 is 0.958 bits per heavy atom. The second-order valence-electron chi connectivity index (χ2n) is 6.00. The smallest absolute Gasteiger partial charge is 0.282 e. The first-order valence-corrected chi connectivity index (χ1v) is 9.53. The summed E-state index contributed by atoms with van der Waals surface area (Å²) in [4.78, 5) is 2.24. The van der Waals surface area contributed by atoms with Gasteiger partial charge in [-0.3, -0.25) is 4.90 Å². The Bertz CT molecular complexity index is 685. The second kappa shape index (κ2) is 7.59. The quantitative estimate of drug-likeness (QED) is 0.778. The molecule has 0 spiro atoms. The van der Waals surface area contributed by atoms with Gasteiger partial charge in [0.25, 0.3) is 10.2 Å². The molecule has 1 aromatic carbocycles. The minimum Gasteiger partial charge on any atom is -0.379 e. The topological polar surface area (TPSA) is 76.9 Å². The second-order valence-corrected chi connectivity index (χ2v) is 7.93. The maximum Gasteiger partial charge on any atom is 0.282 e. The number of ether oxygens (including phenoxy) is 1. The summed E-state index contributed by atoms with van der Waals surface area (Å²) in [6.45, 7) is 5.04. The van der Waals surface area contributed by atoms with Crippen molar-refractivity contribution in [1.29, 1.82) is 5.26 Å². The molecule has 0 atom stereocenters. The Labute approximate surface area is 143 Å². The first kappa shape index (κ1) is 17.3. The molecule has 2 aliphatic rings. The molecule has 0 N–H and O–H groups in total. The fraction of sp³-hybridized carbons (Fsp3) is 0.562. The van der Waals surface area contributed by atoms with E-state index in [1.165, 1.54) is 4.31 Å². The third-order valence-corrected chi connectivity index (χ3v) is 6.48. The molecule has 2 saturated heterocycles. The zero-order valence-corrected chi connectivity index (χ0v) is 14.4. The molecule has 0 aromatic heterocycles. The van der Waals surface area contributed by atoms with E-state index in [4.69, 9.17) is 10.00 Å². The molecule has 0 bridgehead atoms. The first-order valence-electron chi connectivity index (χ1n) is 8.14. The number of benzene rings is 1. The van der Waals surface area contributed by atoms with E-state index in [-0.39, 0.29) is 0 Å². The van der Waals surface area contributed by atoms with Gasteiger partial charge in [0, 0.05) is 45.8 Å². The van der Waals surface area contributed by atoms with Crippen molar-refractivity contribution < 1.29 is 13.2 Å². The molecule has 0 aliphatic carbocycles. The summed E-state index contributed by atoms with van der Waals surface area (Å²) in [6, 6.07) is 9.65. The van der Waals surface area contributed by atoms with Crippen LogP contribution in [0.5, 0.6) is 0 Å². The zero-order chi connectivity index (χ0) is 17.0. The number of nitrogens with zero attached hydrogens (tertiary/aromatic N) is 4. The van der Waals surface area contributed by atoms with E-state index in [1.54, 1.807) is 4.31 Å². The van der Waals surface area contributed by atoms with Crippen LogP contribution in [-0.2, 0) is 21.5 Å². The van der Waals surface area contributed by atoms with Crippen molar-refractivity contribution in [3.05, 3.63) is 35.4 Å². The van der Waals surface area contributed by atoms with Crippen molar-refractivity contribution in [2.45, 2.75) is 6.54 Å². The molecule has 130 valence electrons. The van der Waals surface area contributed by atoms with Crippen LogP contribution < -0.4 is 0 Å². The number of nitriles is 1. The lowest BCUT2D eigenvalue weighted by Gasteiger charge is -2.37. The van der Waals surface area contributed by atoms with Crippen LogP contribution in [0.4, 0.5) is 0 Å². The molecule has 3 rings (SSSR count). The minimum atomic E-state index is -3.37. The number of rotatable bonds is 4. The number of morpholine rings is 1. The molecule has 2 aliphatic heterocycles. The van der Waals surface area contributed by atoms with E-state index in [1.807, 2.05) is 24.3 Å². The van der Waals surface area contributed by atoms with Gasteiger partial charge in [0.2, 0.25) is 0 Å². The molecule has 0 unspecified atom stereocenters. The van der Waals surface area contributed by atoms with Crippen molar-refractivity contribution in [1.82, 2.24) is 13.5 Å². The van der Waals surface area contributed by atoms with Crippen LogP contribution in [0, 0.1) is 11.3 Å². The molecular formula is C16H22N4O3S. The lowest BCUT2D eigenvalue weighted by Crippen LogP contribution is -2.54. The van der Waals surface area contributed by atoms with E-state index < -0.39 is 10.2 Å². The summed E-state index contributed by atoms with van der Waals surface area (Å²) in [5.74, 6) is 0. The highest BCUT2D eigenvalue weighted by atomic mass is 32.2. The third-order valence-electron chi connectivity index (χ3n) is 4.44. The van der Waals surface area contributed by atoms with E-state index in [9.17, 15) is 8.42 Å². The molecule has 0 amide bonds. The summed E-state index contributed by atoms with van der Waals surface area (Å²) in [5.41, 5.74) is 1.79. The molecule has 1 aromatic rings. The van der Waals surface area contributed by atoms with Gasteiger partial charge in [0.15, 0.2) is 0 Å². The number of hydrogen-bond donors (Lipinski definition) is 0. The maximum absolute atomic E-state index is 12.6. The highest BCUT2D eigenvalue weighted by molar-refractivity contribution is 7.86. The van der Waals surface area contributed by atoms with Gasteiger partial charge in [-0.1, -0.05) is 12.1 Å². The van der Waals surface area contributed by atoms with Gasteiger partial charge in [-0.05, 0) is 17.7 Å². The Kier molecular flexibility index (Phi) is 5.48. The van der Waals surface area contributed by atoms with Crippen molar-refractivity contribution >= 4 is 10.2 Å². The van der Waals surface area contributed by atoms with Crippen LogP contribution >= 0.6 is 0 Å². The standard InChI is InChI=1S/C16H22N4O3S/c17-13-15-1-3-16(4-2-15)14-18-5-7-19(8-6-18)24(21,22)20-9-11-23-12-10-20/h1-4H,5-12,14H2. The Morgan fingerprint density at radius 2 is 1.54 bits per heavy atom. The summed E-state index contributed by atoms with van der Waals surface area (Å²) in [7, 11) is -3.37. The summed E-state index contributed by atoms with van der Waals surface area (Å²) >= 11 is 0. The third kappa shape index (κ3) is 3.94. The fourth-order valence-electron chi connectivity index (χ4n) is 3.00. The van der Waals surface area contributed by atoms with Gasteiger partial charge in [-0.2, -0.15) is 22.3 Å². The van der Waals surface area contributed by atoms with Crippen molar-refractivity contribution in [2.75, 3.05) is 52.5 Å². The minimum absolute atomic E-state index is 0.438. The molecule has 8 heteroatoms. The van der Waals surface area contributed by atoms with E-state index in [2.05, 4.69) is 11.0 Å². The highest BCUT2D eigenvalue weighted by Gasteiger charge is 2.33. The maximum atomic E-state index is 12.6. The Balaban J connectivity index is 1.54. The molecule has 2 fully saturated rings. The van der Waals surface area contributed by atoms with Gasteiger partial charge in [-0.15, -0.1) is 0 Å². The molecule has 0 radical (unpaired) electrons. The van der Waals surface area contributed by atoms with Gasteiger partial charge >= 0.3 is 0 Å². The van der Waals surface area contributed by atoms with Crippen LogP contribution in [0.2, 0.25) is 0 Å². The normalized spacial score (nSPS) is 21.5. The fourth-order valence-corrected chi connectivity index (χ4v) is 4.56.